The number of Topliss-reactive ketones (excluding diaryl/α,β-unsaturated/α-hetero) is 1. The van der Waals surface area contributed by atoms with Gasteiger partial charge in [-0.05, 0) is 26.8 Å². The maximum atomic E-state index is 12.3. The molecule has 1 aromatic heterocycles. The molecule has 16 heavy (non-hydrogen) atoms. The van der Waals surface area contributed by atoms with Crippen molar-refractivity contribution < 1.29 is 18.0 Å². The van der Waals surface area contributed by atoms with Gasteiger partial charge in [-0.15, -0.1) is 0 Å². The van der Waals surface area contributed by atoms with Gasteiger partial charge in [0.05, 0.1) is 5.69 Å². The molecule has 0 aliphatic heterocycles. The summed E-state index contributed by atoms with van der Waals surface area (Å²) in [6.07, 6.45) is -4.90. The van der Waals surface area contributed by atoms with Crippen LogP contribution in [0.25, 0.3) is 0 Å². The van der Waals surface area contributed by atoms with Crippen LogP contribution in [-0.4, -0.2) is 16.5 Å². The third kappa shape index (κ3) is 2.05. The molecule has 0 bridgehead atoms. The minimum Gasteiger partial charge on any atom is -0.397 e. The lowest BCUT2D eigenvalue weighted by atomic mass is 10.2. The summed E-state index contributed by atoms with van der Waals surface area (Å²) in [5.41, 5.74) is 5.37. The van der Waals surface area contributed by atoms with Crippen molar-refractivity contribution in [3.63, 3.8) is 0 Å². The molecule has 0 aromatic carbocycles. The van der Waals surface area contributed by atoms with Crippen molar-refractivity contribution in [1.29, 1.82) is 0 Å². The van der Waals surface area contributed by atoms with Crippen LogP contribution in [0.1, 0.15) is 36.1 Å². The zero-order chi connectivity index (χ0) is 12.7. The van der Waals surface area contributed by atoms with Gasteiger partial charge in [0, 0.05) is 11.7 Å². The number of rotatable bonds is 2. The molecule has 6 heteroatoms. The Bertz CT molecular complexity index is 418. The van der Waals surface area contributed by atoms with E-state index in [0.29, 0.717) is 5.69 Å². The van der Waals surface area contributed by atoms with Crippen LogP contribution in [0.3, 0.4) is 0 Å². The molecule has 2 N–H and O–H groups in total. The highest BCUT2D eigenvalue weighted by Gasteiger charge is 2.42. The summed E-state index contributed by atoms with van der Waals surface area (Å²) in [5, 5.41) is 0. The number of alkyl halides is 3. The predicted octanol–water partition coefficient (Wildman–Crippen LogP) is 2.70. The number of aromatic nitrogens is 1. The number of halogens is 3. The number of anilines is 1. The number of nitrogens with two attached hydrogens (primary N) is 1. The van der Waals surface area contributed by atoms with Gasteiger partial charge in [0.15, 0.2) is 0 Å². The van der Waals surface area contributed by atoms with Crippen molar-refractivity contribution in [1.82, 2.24) is 4.57 Å². The second-order valence-electron chi connectivity index (χ2n) is 3.88. The Balaban J connectivity index is 3.39. The molecule has 0 saturated carbocycles. The Kier molecular flexibility index (Phi) is 3.03. The Morgan fingerprint density at radius 1 is 1.44 bits per heavy atom. The van der Waals surface area contributed by atoms with E-state index in [-0.39, 0.29) is 11.7 Å². The minimum atomic E-state index is -4.90. The van der Waals surface area contributed by atoms with Crippen molar-refractivity contribution in [2.24, 2.45) is 0 Å². The Morgan fingerprint density at radius 3 is 2.31 bits per heavy atom. The minimum absolute atomic E-state index is 0.131. The molecule has 1 rings (SSSR count). The third-order valence-electron chi connectivity index (χ3n) is 2.25. The summed E-state index contributed by atoms with van der Waals surface area (Å²) in [6, 6.07) is 1.12. The first-order chi connectivity index (χ1) is 7.16. The zero-order valence-corrected chi connectivity index (χ0v) is 9.22. The average molecular weight is 234 g/mol. The first-order valence-electron chi connectivity index (χ1n) is 4.75. The summed E-state index contributed by atoms with van der Waals surface area (Å²) < 4.78 is 38.3. The van der Waals surface area contributed by atoms with Crippen molar-refractivity contribution >= 4 is 11.5 Å². The molecular weight excluding hydrogens is 221 g/mol. The Labute approximate surface area is 91.0 Å². The lowest BCUT2D eigenvalue weighted by Gasteiger charge is -2.16. The highest BCUT2D eigenvalue weighted by atomic mass is 19.4. The average Bonchev–Trinajstić information content (AvgIpc) is 2.37. The molecule has 1 heterocycles. The van der Waals surface area contributed by atoms with Crippen LogP contribution in [0.5, 0.6) is 0 Å². The summed E-state index contributed by atoms with van der Waals surface area (Å²) in [4.78, 5) is 11.2. The van der Waals surface area contributed by atoms with Gasteiger partial charge < -0.3 is 10.3 Å². The summed E-state index contributed by atoms with van der Waals surface area (Å²) in [7, 11) is 0. The van der Waals surface area contributed by atoms with Crippen molar-refractivity contribution in [3.8, 4) is 0 Å². The van der Waals surface area contributed by atoms with Crippen LogP contribution in [0.15, 0.2) is 6.07 Å². The molecule has 90 valence electrons. The molecule has 3 nitrogen and oxygen atoms in total. The van der Waals surface area contributed by atoms with Gasteiger partial charge >= 0.3 is 6.18 Å². The molecular formula is C10H13F3N2O. The van der Waals surface area contributed by atoms with E-state index < -0.39 is 17.7 Å². The quantitative estimate of drug-likeness (QED) is 0.800. The van der Waals surface area contributed by atoms with Crippen LogP contribution in [0.4, 0.5) is 18.9 Å². The zero-order valence-electron chi connectivity index (χ0n) is 9.22. The van der Waals surface area contributed by atoms with E-state index in [1.165, 1.54) is 10.6 Å². The van der Waals surface area contributed by atoms with E-state index in [9.17, 15) is 18.0 Å². The van der Waals surface area contributed by atoms with E-state index in [2.05, 4.69) is 0 Å². The van der Waals surface area contributed by atoms with Gasteiger partial charge in [0.2, 0.25) is 0 Å². The maximum absolute atomic E-state index is 12.3. The van der Waals surface area contributed by atoms with E-state index in [1.54, 1.807) is 20.8 Å². The van der Waals surface area contributed by atoms with Gasteiger partial charge in [-0.2, -0.15) is 13.2 Å². The number of nitrogens with zero attached hydrogens (tertiary/aromatic N) is 1. The van der Waals surface area contributed by atoms with E-state index in [0.717, 1.165) is 0 Å². The Morgan fingerprint density at radius 2 is 1.94 bits per heavy atom. The molecule has 0 fully saturated rings. The molecule has 0 spiro atoms. The molecule has 0 unspecified atom stereocenters. The molecule has 0 radical (unpaired) electrons. The fraction of sp³-hybridized carbons (Fsp3) is 0.500. The second kappa shape index (κ2) is 3.84. The summed E-state index contributed by atoms with van der Waals surface area (Å²) in [6.45, 7) is 5.00. The van der Waals surface area contributed by atoms with Crippen molar-refractivity contribution in [2.75, 3.05) is 5.73 Å². The fourth-order valence-corrected chi connectivity index (χ4v) is 1.72. The highest BCUT2D eigenvalue weighted by Crippen LogP contribution is 2.29. The van der Waals surface area contributed by atoms with Crippen LogP contribution >= 0.6 is 0 Å². The monoisotopic (exact) mass is 234 g/mol. The largest absolute Gasteiger partial charge is 0.456 e. The number of nitrogen functional groups attached to an aromatic ring is 1. The number of hydrogen-bond donors (Lipinski definition) is 1. The SMILES string of the molecule is Cc1cc(N)c(C(=O)C(F)(F)F)n1C(C)C. The standard InChI is InChI=1S/C10H13F3N2O/c1-5(2)15-6(3)4-7(14)8(15)9(16)10(11,12)13/h4-5H,14H2,1-3H3. The molecule has 0 atom stereocenters. The first-order valence-corrected chi connectivity index (χ1v) is 4.75. The smallest absolute Gasteiger partial charge is 0.397 e. The van der Waals surface area contributed by atoms with Crippen molar-refractivity contribution in [2.45, 2.75) is 33.0 Å². The van der Waals surface area contributed by atoms with E-state index >= 15 is 0 Å². The summed E-state index contributed by atoms with van der Waals surface area (Å²) in [5.74, 6) is -1.90. The van der Waals surface area contributed by atoms with Crippen molar-refractivity contribution in [3.05, 3.63) is 17.5 Å². The van der Waals surface area contributed by atoms with Gasteiger partial charge in [-0.1, -0.05) is 0 Å². The number of ketones is 1. The van der Waals surface area contributed by atoms with Crippen LogP contribution in [0.2, 0.25) is 0 Å². The molecule has 1 aromatic rings. The van der Waals surface area contributed by atoms with Crippen LogP contribution in [0, 0.1) is 6.92 Å². The topological polar surface area (TPSA) is 48.0 Å². The maximum Gasteiger partial charge on any atom is 0.456 e. The van der Waals surface area contributed by atoms with Crippen LogP contribution < -0.4 is 5.73 Å². The molecule has 0 saturated heterocycles. The lowest BCUT2D eigenvalue weighted by Crippen LogP contribution is -2.27. The number of carbonyl (C=O) groups is 1. The molecule has 0 aliphatic rings. The fourth-order valence-electron chi connectivity index (χ4n) is 1.72. The van der Waals surface area contributed by atoms with Gasteiger partial charge in [0.25, 0.3) is 5.78 Å². The lowest BCUT2D eigenvalue weighted by molar-refractivity contribution is -0.0890. The normalized spacial score (nSPS) is 12.2. The van der Waals surface area contributed by atoms with Gasteiger partial charge in [0.1, 0.15) is 5.69 Å². The number of carbonyl (C=O) groups excluding carboxylic acids is 1. The first kappa shape index (κ1) is 12.6. The highest BCUT2D eigenvalue weighted by molar-refractivity contribution is 6.03. The Hall–Kier alpha value is -1.46. The van der Waals surface area contributed by atoms with E-state index in [1.807, 2.05) is 0 Å². The van der Waals surface area contributed by atoms with Gasteiger partial charge in [-0.25, -0.2) is 0 Å². The molecule has 0 amide bonds. The third-order valence-corrected chi connectivity index (χ3v) is 2.25. The number of aryl methyl sites for hydroxylation is 1. The predicted molar refractivity (Wildman–Crippen MR) is 54.4 cm³/mol. The van der Waals surface area contributed by atoms with Crippen LogP contribution in [-0.2, 0) is 0 Å². The van der Waals surface area contributed by atoms with Gasteiger partial charge in [-0.3, -0.25) is 4.79 Å². The number of hydrogen-bond acceptors (Lipinski definition) is 2. The molecule has 0 aliphatic carbocycles. The van der Waals surface area contributed by atoms with E-state index in [4.69, 9.17) is 5.73 Å². The second-order valence-corrected chi connectivity index (χ2v) is 3.88. The summed E-state index contributed by atoms with van der Waals surface area (Å²) >= 11 is 0.